The molecule has 0 fully saturated rings. The lowest BCUT2D eigenvalue weighted by Gasteiger charge is -2.10. The first-order valence-corrected chi connectivity index (χ1v) is 6.55. The monoisotopic (exact) mass is 290 g/mol. The summed E-state index contributed by atoms with van der Waals surface area (Å²) in [5, 5.41) is 13.7. The number of aromatic nitrogens is 2. The van der Waals surface area contributed by atoms with Gasteiger partial charge in [0.1, 0.15) is 5.75 Å². The number of aliphatic hydroxyl groups is 1. The van der Waals surface area contributed by atoms with E-state index in [9.17, 15) is 9.90 Å². The lowest BCUT2D eigenvalue weighted by molar-refractivity contribution is 0.181. The number of hydrogen-bond acceptors (Lipinski definition) is 5. The Morgan fingerprint density at radius 3 is 2.76 bits per heavy atom. The average Bonchev–Trinajstić information content (AvgIpc) is 2.54. The third-order valence-electron chi connectivity index (χ3n) is 3.09. The van der Waals surface area contributed by atoms with Gasteiger partial charge in [0.25, 0.3) is 5.56 Å². The number of hydrogen-bond donors (Lipinski definition) is 1. The highest BCUT2D eigenvalue weighted by Crippen LogP contribution is 2.21. The minimum absolute atomic E-state index is 0.304. The van der Waals surface area contributed by atoms with E-state index in [1.807, 2.05) is 24.3 Å². The molecule has 2 aromatic rings. The summed E-state index contributed by atoms with van der Waals surface area (Å²) >= 11 is 0. The van der Waals surface area contributed by atoms with Crippen LogP contribution in [0.15, 0.2) is 35.1 Å². The molecule has 6 heteroatoms. The molecule has 0 spiro atoms. The van der Waals surface area contributed by atoms with Crippen molar-refractivity contribution in [1.82, 2.24) is 9.78 Å². The van der Waals surface area contributed by atoms with Crippen LogP contribution in [0.2, 0.25) is 0 Å². The van der Waals surface area contributed by atoms with Crippen LogP contribution in [-0.4, -0.2) is 35.7 Å². The Morgan fingerprint density at radius 1 is 1.29 bits per heavy atom. The molecule has 0 unspecified atom stereocenters. The molecule has 0 saturated heterocycles. The molecule has 0 atom stereocenters. The largest absolute Gasteiger partial charge is 0.497 e. The summed E-state index contributed by atoms with van der Waals surface area (Å²) in [7, 11) is 3.15. The van der Waals surface area contributed by atoms with Gasteiger partial charge in [-0.05, 0) is 18.2 Å². The molecule has 21 heavy (non-hydrogen) atoms. The van der Waals surface area contributed by atoms with E-state index in [0.29, 0.717) is 30.2 Å². The second-order valence-corrected chi connectivity index (χ2v) is 4.47. The third-order valence-corrected chi connectivity index (χ3v) is 3.09. The summed E-state index contributed by atoms with van der Waals surface area (Å²) in [4.78, 5) is 12.1. The second-order valence-electron chi connectivity index (χ2n) is 4.47. The Bertz CT molecular complexity index is 667. The van der Waals surface area contributed by atoms with Crippen LogP contribution in [0.5, 0.6) is 5.75 Å². The van der Waals surface area contributed by atoms with Crippen molar-refractivity contribution in [2.75, 3.05) is 20.8 Å². The van der Waals surface area contributed by atoms with Gasteiger partial charge in [0.05, 0.1) is 32.6 Å². The molecule has 1 heterocycles. The Hall–Kier alpha value is -2.18. The van der Waals surface area contributed by atoms with Gasteiger partial charge in [-0.15, -0.1) is 0 Å². The van der Waals surface area contributed by atoms with E-state index < -0.39 is 0 Å². The van der Waals surface area contributed by atoms with Crippen molar-refractivity contribution in [1.29, 1.82) is 0 Å². The van der Waals surface area contributed by atoms with Crippen LogP contribution in [0.3, 0.4) is 0 Å². The zero-order chi connectivity index (χ0) is 15.2. The van der Waals surface area contributed by atoms with Crippen molar-refractivity contribution in [2.24, 2.45) is 0 Å². The predicted octanol–water partition coefficient (Wildman–Crippen LogP) is 1.06. The van der Waals surface area contributed by atoms with E-state index >= 15 is 0 Å². The van der Waals surface area contributed by atoms with Gasteiger partial charge in [-0.25, -0.2) is 4.68 Å². The van der Waals surface area contributed by atoms with E-state index in [4.69, 9.17) is 9.47 Å². The molecule has 1 aromatic heterocycles. The maximum atomic E-state index is 12.1. The van der Waals surface area contributed by atoms with Crippen molar-refractivity contribution in [2.45, 2.75) is 13.2 Å². The topological polar surface area (TPSA) is 73.6 Å². The molecule has 0 bridgehead atoms. The summed E-state index contributed by atoms with van der Waals surface area (Å²) in [5.74, 6) is 0.703. The lowest BCUT2D eigenvalue weighted by Crippen LogP contribution is -2.28. The van der Waals surface area contributed by atoms with Gasteiger partial charge in [-0.2, -0.15) is 5.10 Å². The summed E-state index contributed by atoms with van der Waals surface area (Å²) in [5.41, 5.74) is 1.42. The van der Waals surface area contributed by atoms with E-state index in [1.165, 1.54) is 4.68 Å². The standard InChI is InChI=1S/C15H18N2O4/c1-20-7-6-17-15(19)12(10-18)9-14(16-17)11-4-3-5-13(8-11)21-2/h3-5,8-9,18H,6-7,10H2,1-2H3. The highest BCUT2D eigenvalue weighted by atomic mass is 16.5. The summed E-state index contributed by atoms with van der Waals surface area (Å²) in [6, 6.07) is 8.97. The van der Waals surface area contributed by atoms with Crippen LogP contribution in [0, 0.1) is 0 Å². The molecular formula is C15H18N2O4. The molecule has 0 radical (unpaired) electrons. The van der Waals surface area contributed by atoms with Crippen LogP contribution >= 0.6 is 0 Å². The molecule has 1 N–H and O–H groups in total. The first kappa shape index (κ1) is 15.2. The van der Waals surface area contributed by atoms with Crippen molar-refractivity contribution >= 4 is 0 Å². The first-order valence-electron chi connectivity index (χ1n) is 6.55. The average molecular weight is 290 g/mol. The fourth-order valence-corrected chi connectivity index (χ4v) is 1.96. The van der Waals surface area contributed by atoms with Crippen molar-refractivity contribution in [3.8, 4) is 17.0 Å². The molecular weight excluding hydrogens is 272 g/mol. The van der Waals surface area contributed by atoms with Crippen molar-refractivity contribution < 1.29 is 14.6 Å². The van der Waals surface area contributed by atoms with Crippen LogP contribution in [-0.2, 0) is 17.9 Å². The highest BCUT2D eigenvalue weighted by molar-refractivity contribution is 5.61. The number of benzene rings is 1. The molecule has 0 amide bonds. The Kier molecular flexibility index (Phi) is 5.08. The Labute approximate surface area is 122 Å². The minimum atomic E-state index is -0.328. The SMILES string of the molecule is COCCn1nc(-c2cccc(OC)c2)cc(CO)c1=O. The molecule has 6 nitrogen and oxygen atoms in total. The first-order chi connectivity index (χ1) is 10.2. The Morgan fingerprint density at radius 2 is 2.10 bits per heavy atom. The molecule has 0 aliphatic carbocycles. The van der Waals surface area contributed by atoms with E-state index in [2.05, 4.69) is 5.10 Å². The maximum absolute atomic E-state index is 12.1. The van der Waals surface area contributed by atoms with Crippen molar-refractivity contribution in [3.63, 3.8) is 0 Å². The molecule has 1 aromatic carbocycles. The van der Waals surface area contributed by atoms with Crippen molar-refractivity contribution in [3.05, 3.63) is 46.2 Å². The zero-order valence-electron chi connectivity index (χ0n) is 12.1. The quantitative estimate of drug-likeness (QED) is 0.861. The fraction of sp³-hybridized carbons (Fsp3) is 0.333. The molecule has 0 saturated carbocycles. The van der Waals surface area contributed by atoms with Gasteiger partial charge in [-0.1, -0.05) is 12.1 Å². The number of rotatable bonds is 6. The van der Waals surface area contributed by atoms with Gasteiger partial charge in [0.2, 0.25) is 0 Å². The number of nitrogens with zero attached hydrogens (tertiary/aromatic N) is 2. The fourth-order valence-electron chi connectivity index (χ4n) is 1.96. The van der Waals surface area contributed by atoms with Gasteiger partial charge >= 0.3 is 0 Å². The molecule has 2 rings (SSSR count). The number of methoxy groups -OCH3 is 2. The van der Waals surface area contributed by atoms with E-state index in [1.54, 1.807) is 20.3 Å². The molecule has 0 aliphatic heterocycles. The summed E-state index contributed by atoms with van der Waals surface area (Å²) in [6.45, 7) is 0.380. The number of ether oxygens (including phenoxy) is 2. The van der Waals surface area contributed by atoms with E-state index in [0.717, 1.165) is 5.56 Å². The van der Waals surface area contributed by atoms with Gasteiger partial charge < -0.3 is 14.6 Å². The lowest BCUT2D eigenvalue weighted by atomic mass is 10.1. The summed E-state index contributed by atoms with van der Waals surface area (Å²) < 4.78 is 11.5. The minimum Gasteiger partial charge on any atom is -0.497 e. The highest BCUT2D eigenvalue weighted by Gasteiger charge is 2.10. The predicted molar refractivity (Wildman–Crippen MR) is 78.3 cm³/mol. The van der Waals surface area contributed by atoms with E-state index in [-0.39, 0.29) is 12.2 Å². The van der Waals surface area contributed by atoms with Gasteiger partial charge in [0, 0.05) is 18.2 Å². The summed E-state index contributed by atoms with van der Waals surface area (Å²) in [6.07, 6.45) is 0. The second kappa shape index (κ2) is 7.01. The van der Waals surface area contributed by atoms with Crippen LogP contribution in [0.4, 0.5) is 0 Å². The normalized spacial score (nSPS) is 10.6. The maximum Gasteiger partial charge on any atom is 0.272 e. The van der Waals surface area contributed by atoms with Gasteiger partial charge in [-0.3, -0.25) is 4.79 Å². The zero-order valence-corrected chi connectivity index (χ0v) is 12.1. The van der Waals surface area contributed by atoms with Crippen LogP contribution in [0.1, 0.15) is 5.56 Å². The smallest absolute Gasteiger partial charge is 0.272 e. The molecule has 112 valence electrons. The molecule has 0 aliphatic rings. The van der Waals surface area contributed by atoms with Crippen LogP contribution in [0.25, 0.3) is 11.3 Å². The van der Waals surface area contributed by atoms with Gasteiger partial charge in [0.15, 0.2) is 0 Å². The van der Waals surface area contributed by atoms with Crippen LogP contribution < -0.4 is 10.3 Å². The third kappa shape index (κ3) is 3.48. The number of aliphatic hydroxyl groups excluding tert-OH is 1. The Balaban J connectivity index is 2.49.